The van der Waals surface area contributed by atoms with Crippen molar-refractivity contribution in [3.63, 3.8) is 0 Å². The number of sulfonamides is 1. The van der Waals surface area contributed by atoms with Gasteiger partial charge in [-0.1, -0.05) is 30.1 Å². The van der Waals surface area contributed by atoms with Crippen LogP contribution in [0.15, 0.2) is 41.3 Å². The Morgan fingerprint density at radius 3 is 2.38 bits per heavy atom. The number of methoxy groups -OCH3 is 2. The van der Waals surface area contributed by atoms with Gasteiger partial charge in [0.05, 0.1) is 36.4 Å². The zero-order chi connectivity index (χ0) is 21.6. The number of halogens is 2. The van der Waals surface area contributed by atoms with Crippen LogP contribution in [0.3, 0.4) is 0 Å². The topological polar surface area (TPSA) is 84.9 Å². The maximum Gasteiger partial charge on any atom is 0.243 e. The number of carbonyl (C=O) groups excluding carboxylic acids is 1. The summed E-state index contributed by atoms with van der Waals surface area (Å²) >= 11 is 12.0. The second kappa shape index (κ2) is 10.2. The molecule has 0 saturated heterocycles. The van der Waals surface area contributed by atoms with Crippen LogP contribution in [0.2, 0.25) is 10.0 Å². The average molecular weight is 461 g/mol. The summed E-state index contributed by atoms with van der Waals surface area (Å²) in [6, 6.07) is 8.90. The van der Waals surface area contributed by atoms with Gasteiger partial charge in [-0.2, -0.15) is 4.31 Å². The zero-order valence-corrected chi connectivity index (χ0v) is 18.6. The number of ether oxygens (including phenoxy) is 2. The van der Waals surface area contributed by atoms with Crippen LogP contribution < -0.4 is 14.8 Å². The summed E-state index contributed by atoms with van der Waals surface area (Å²) in [5.74, 6) is 0.147. The van der Waals surface area contributed by atoms with Crippen LogP contribution in [0.5, 0.6) is 11.5 Å². The monoisotopic (exact) mass is 460 g/mol. The molecule has 0 atom stereocenters. The number of nitrogens with zero attached hydrogens (tertiary/aromatic N) is 1. The van der Waals surface area contributed by atoms with Gasteiger partial charge in [-0.25, -0.2) is 8.42 Å². The Hall–Kier alpha value is -2.00. The first-order valence-corrected chi connectivity index (χ1v) is 10.9. The normalized spacial score (nSPS) is 11.4. The van der Waals surface area contributed by atoms with Crippen molar-refractivity contribution in [2.24, 2.45) is 0 Å². The van der Waals surface area contributed by atoms with Crippen molar-refractivity contribution in [3.8, 4) is 11.5 Å². The van der Waals surface area contributed by atoms with Gasteiger partial charge in [0, 0.05) is 17.6 Å². The Morgan fingerprint density at radius 2 is 1.76 bits per heavy atom. The van der Waals surface area contributed by atoms with Gasteiger partial charge in [-0.15, -0.1) is 0 Å². The molecular formula is C19H22Cl2N2O5S. The van der Waals surface area contributed by atoms with E-state index >= 15 is 0 Å². The van der Waals surface area contributed by atoms with Crippen LogP contribution in [-0.4, -0.2) is 45.9 Å². The quantitative estimate of drug-likeness (QED) is 0.609. The number of benzene rings is 2. The van der Waals surface area contributed by atoms with Gasteiger partial charge >= 0.3 is 0 Å². The summed E-state index contributed by atoms with van der Waals surface area (Å²) < 4.78 is 37.6. The predicted octanol–water partition coefficient (Wildman–Crippen LogP) is 4.05. The van der Waals surface area contributed by atoms with Crippen LogP contribution in [0.4, 0.5) is 5.69 Å². The third-order valence-electron chi connectivity index (χ3n) is 3.99. The number of hydrogen-bond acceptors (Lipinski definition) is 5. The first-order valence-electron chi connectivity index (χ1n) is 8.70. The lowest BCUT2D eigenvalue weighted by Crippen LogP contribution is -2.38. The van der Waals surface area contributed by atoms with Crippen molar-refractivity contribution >= 4 is 44.8 Å². The van der Waals surface area contributed by atoms with E-state index in [0.717, 1.165) is 4.31 Å². The van der Waals surface area contributed by atoms with Crippen molar-refractivity contribution in [1.29, 1.82) is 0 Å². The number of hydrogen-bond donors (Lipinski definition) is 1. The number of anilines is 1. The summed E-state index contributed by atoms with van der Waals surface area (Å²) in [6.45, 7) is 1.60. The lowest BCUT2D eigenvalue weighted by atomic mass is 10.3. The van der Waals surface area contributed by atoms with Crippen LogP contribution in [0.25, 0.3) is 0 Å². The first kappa shape index (κ1) is 23.3. The van der Waals surface area contributed by atoms with Gasteiger partial charge in [0.1, 0.15) is 0 Å². The minimum atomic E-state index is -3.95. The molecule has 2 rings (SSSR count). The highest BCUT2D eigenvalue weighted by Gasteiger charge is 2.27. The van der Waals surface area contributed by atoms with Crippen LogP contribution in [0, 0.1) is 0 Å². The van der Waals surface area contributed by atoms with E-state index in [1.165, 1.54) is 38.5 Å². The smallest absolute Gasteiger partial charge is 0.243 e. The third-order valence-corrected chi connectivity index (χ3v) is 6.39. The molecule has 29 heavy (non-hydrogen) atoms. The molecule has 0 spiro atoms. The molecule has 0 heterocycles. The van der Waals surface area contributed by atoms with E-state index in [1.807, 2.05) is 6.92 Å². The van der Waals surface area contributed by atoms with Gasteiger partial charge in [0.2, 0.25) is 15.9 Å². The van der Waals surface area contributed by atoms with E-state index in [1.54, 1.807) is 12.1 Å². The number of amides is 1. The van der Waals surface area contributed by atoms with Gasteiger partial charge in [-0.05, 0) is 36.8 Å². The summed E-state index contributed by atoms with van der Waals surface area (Å²) in [5, 5.41) is 3.29. The van der Waals surface area contributed by atoms with Crippen molar-refractivity contribution < 1.29 is 22.7 Å². The second-order valence-corrected chi connectivity index (χ2v) is 8.81. The fourth-order valence-corrected chi connectivity index (χ4v) is 4.44. The molecule has 0 saturated carbocycles. The number of nitrogens with one attached hydrogen (secondary N) is 1. The number of carbonyl (C=O) groups is 1. The van der Waals surface area contributed by atoms with Crippen molar-refractivity contribution in [1.82, 2.24) is 4.31 Å². The fraction of sp³-hybridized carbons (Fsp3) is 0.316. The Balaban J connectivity index is 2.27. The lowest BCUT2D eigenvalue weighted by molar-refractivity contribution is -0.116. The highest BCUT2D eigenvalue weighted by Crippen LogP contribution is 2.31. The van der Waals surface area contributed by atoms with Gasteiger partial charge in [0.25, 0.3) is 0 Å². The summed E-state index contributed by atoms with van der Waals surface area (Å²) in [7, 11) is -1.07. The Morgan fingerprint density at radius 1 is 1.07 bits per heavy atom. The van der Waals surface area contributed by atoms with E-state index in [-0.39, 0.29) is 23.7 Å². The summed E-state index contributed by atoms with van der Waals surface area (Å²) in [4.78, 5) is 12.5. The molecule has 0 bridgehead atoms. The molecule has 10 heteroatoms. The molecule has 0 aromatic heterocycles. The lowest BCUT2D eigenvalue weighted by Gasteiger charge is -2.22. The van der Waals surface area contributed by atoms with Gasteiger partial charge in [-0.3, -0.25) is 4.79 Å². The molecule has 0 fully saturated rings. The maximum atomic E-state index is 13.1. The highest BCUT2D eigenvalue weighted by molar-refractivity contribution is 7.89. The molecule has 0 aliphatic heterocycles. The molecule has 158 valence electrons. The van der Waals surface area contributed by atoms with Crippen LogP contribution in [0.1, 0.15) is 13.3 Å². The molecule has 1 N–H and O–H groups in total. The molecule has 0 aliphatic rings. The Labute approximate surface area is 180 Å². The average Bonchev–Trinajstić information content (AvgIpc) is 2.69. The van der Waals surface area contributed by atoms with Crippen molar-refractivity contribution in [3.05, 3.63) is 46.4 Å². The predicted molar refractivity (Wildman–Crippen MR) is 114 cm³/mol. The number of rotatable bonds is 9. The molecule has 7 nitrogen and oxygen atoms in total. The van der Waals surface area contributed by atoms with E-state index in [2.05, 4.69) is 5.32 Å². The minimum Gasteiger partial charge on any atom is -0.493 e. The summed E-state index contributed by atoms with van der Waals surface area (Å²) in [6.07, 6.45) is 0.526. The Kier molecular flexibility index (Phi) is 8.15. The molecular weight excluding hydrogens is 439 g/mol. The van der Waals surface area contributed by atoms with Crippen molar-refractivity contribution in [2.45, 2.75) is 18.2 Å². The maximum absolute atomic E-state index is 13.1. The molecule has 0 unspecified atom stereocenters. The molecule has 0 radical (unpaired) electrons. The summed E-state index contributed by atoms with van der Waals surface area (Å²) in [5.41, 5.74) is 0.309. The van der Waals surface area contributed by atoms with E-state index in [0.29, 0.717) is 27.9 Å². The molecule has 2 aromatic carbocycles. The van der Waals surface area contributed by atoms with E-state index < -0.39 is 15.9 Å². The minimum absolute atomic E-state index is 0.00260. The SMILES string of the molecule is CCCN(CC(=O)Nc1cc(Cl)ccc1Cl)S(=O)(=O)c1ccc(OC)c(OC)c1. The van der Waals surface area contributed by atoms with Crippen LogP contribution in [-0.2, 0) is 14.8 Å². The Bertz CT molecular complexity index is 983. The van der Waals surface area contributed by atoms with Gasteiger partial charge in [0.15, 0.2) is 11.5 Å². The largest absolute Gasteiger partial charge is 0.493 e. The van der Waals surface area contributed by atoms with Crippen molar-refractivity contribution in [2.75, 3.05) is 32.6 Å². The zero-order valence-electron chi connectivity index (χ0n) is 16.2. The van der Waals surface area contributed by atoms with Crippen LogP contribution >= 0.6 is 23.2 Å². The standard InChI is InChI=1S/C19H22Cl2N2O5S/c1-4-9-23(12-19(24)22-16-10-13(20)5-7-15(16)21)29(25,26)14-6-8-17(27-2)18(11-14)28-3/h5-8,10-11H,4,9,12H2,1-3H3,(H,22,24). The fourth-order valence-electron chi connectivity index (χ4n) is 2.60. The van der Waals surface area contributed by atoms with E-state index in [9.17, 15) is 13.2 Å². The third kappa shape index (κ3) is 5.76. The molecule has 0 aliphatic carbocycles. The molecule has 2 aromatic rings. The molecule has 1 amide bonds. The highest BCUT2D eigenvalue weighted by atomic mass is 35.5. The van der Waals surface area contributed by atoms with Gasteiger partial charge < -0.3 is 14.8 Å². The first-order chi connectivity index (χ1) is 13.7. The van der Waals surface area contributed by atoms with E-state index in [4.69, 9.17) is 32.7 Å². The second-order valence-electron chi connectivity index (χ2n) is 6.03.